The third-order valence-corrected chi connectivity index (χ3v) is 5.01. The highest BCUT2D eigenvalue weighted by molar-refractivity contribution is 5.88. The van der Waals surface area contributed by atoms with Crippen LogP contribution in [0.4, 0.5) is 5.69 Å². The second-order valence-corrected chi connectivity index (χ2v) is 6.93. The lowest BCUT2D eigenvalue weighted by Gasteiger charge is -2.44. The molecular weight excluding hydrogens is 376 g/mol. The van der Waals surface area contributed by atoms with Gasteiger partial charge in [-0.3, -0.25) is 15.1 Å². The van der Waals surface area contributed by atoms with Crippen molar-refractivity contribution in [3.63, 3.8) is 0 Å². The fourth-order valence-corrected chi connectivity index (χ4v) is 3.50. The molecule has 0 spiro atoms. The van der Waals surface area contributed by atoms with E-state index >= 15 is 0 Å². The van der Waals surface area contributed by atoms with Crippen molar-refractivity contribution in [3.8, 4) is 0 Å². The van der Waals surface area contributed by atoms with Gasteiger partial charge >= 0.3 is 0 Å². The smallest absolute Gasteiger partial charge is 0.269 e. The molecule has 0 radical (unpaired) electrons. The number of nitro benzene ring substituents is 1. The van der Waals surface area contributed by atoms with Gasteiger partial charge in [-0.05, 0) is 34.9 Å². The van der Waals surface area contributed by atoms with Crippen LogP contribution in [0.25, 0.3) is 22.4 Å². The van der Waals surface area contributed by atoms with Crippen LogP contribution in [0.2, 0.25) is 0 Å². The first-order valence-corrected chi connectivity index (χ1v) is 9.50. The lowest BCUT2D eigenvalue weighted by Crippen LogP contribution is -2.28. The minimum atomic E-state index is -0.389. The Hall–Kier alpha value is -4.32. The normalized spacial score (nSPS) is 15.0. The molecule has 0 aliphatic carbocycles. The van der Waals surface area contributed by atoms with E-state index in [1.165, 1.54) is 12.1 Å². The first kappa shape index (κ1) is 17.8. The Morgan fingerprint density at radius 1 is 0.733 bits per heavy atom. The van der Waals surface area contributed by atoms with Crippen molar-refractivity contribution in [2.45, 2.75) is 0 Å². The van der Waals surface area contributed by atoms with Gasteiger partial charge in [-0.2, -0.15) is 0 Å². The Bertz CT molecular complexity index is 1180. The van der Waals surface area contributed by atoms with Crippen LogP contribution in [0, 0.1) is 10.1 Å². The van der Waals surface area contributed by atoms with Gasteiger partial charge in [0.2, 0.25) is 0 Å². The van der Waals surface area contributed by atoms with Gasteiger partial charge in [0.05, 0.1) is 10.6 Å². The van der Waals surface area contributed by atoms with Crippen molar-refractivity contribution in [2.24, 2.45) is 0 Å². The van der Waals surface area contributed by atoms with Crippen molar-refractivity contribution in [1.82, 2.24) is 10.1 Å². The summed E-state index contributed by atoms with van der Waals surface area (Å²) in [5, 5.41) is 14.8. The molecule has 0 aromatic heterocycles. The predicted molar refractivity (Wildman–Crippen MR) is 117 cm³/mol. The summed E-state index contributed by atoms with van der Waals surface area (Å²) in [6.45, 7) is 0. The number of rotatable bonds is 4. The summed E-state index contributed by atoms with van der Waals surface area (Å²) in [6, 6.07) is 26.7. The molecule has 6 nitrogen and oxygen atoms in total. The molecule has 0 saturated heterocycles. The number of hydrazine groups is 1. The predicted octanol–water partition coefficient (Wildman–Crippen LogP) is 5.81. The highest BCUT2D eigenvalue weighted by atomic mass is 16.6. The number of nitro groups is 1. The van der Waals surface area contributed by atoms with Crippen LogP contribution in [0.5, 0.6) is 0 Å². The van der Waals surface area contributed by atoms with Gasteiger partial charge in [-0.1, -0.05) is 66.4 Å². The van der Waals surface area contributed by atoms with E-state index in [-0.39, 0.29) is 10.6 Å². The van der Waals surface area contributed by atoms with Crippen molar-refractivity contribution in [2.75, 3.05) is 0 Å². The second-order valence-electron chi connectivity index (χ2n) is 6.93. The van der Waals surface area contributed by atoms with Gasteiger partial charge in [-0.25, -0.2) is 0 Å². The van der Waals surface area contributed by atoms with Crippen molar-refractivity contribution < 1.29 is 4.92 Å². The molecular formula is C24H17N4O2-. The summed E-state index contributed by atoms with van der Waals surface area (Å²) in [7, 11) is 0. The highest BCUT2D eigenvalue weighted by Gasteiger charge is 2.21. The molecule has 146 valence electrons. The van der Waals surface area contributed by atoms with Crippen LogP contribution in [0.3, 0.4) is 0 Å². The monoisotopic (exact) mass is 393 g/mol. The lowest BCUT2D eigenvalue weighted by molar-refractivity contribution is -0.384. The van der Waals surface area contributed by atoms with Gasteiger partial charge in [0.15, 0.2) is 0 Å². The molecule has 5 rings (SSSR count). The zero-order valence-corrected chi connectivity index (χ0v) is 15.9. The maximum Gasteiger partial charge on any atom is 0.269 e. The molecule has 0 amide bonds. The Morgan fingerprint density at radius 3 is 2.00 bits per heavy atom. The number of non-ortho nitro benzene ring substituents is 1. The molecule has 30 heavy (non-hydrogen) atoms. The number of hydrogen-bond acceptors (Lipinski definition) is 4. The van der Waals surface area contributed by atoms with Crippen molar-refractivity contribution in [3.05, 3.63) is 136 Å². The van der Waals surface area contributed by atoms with E-state index in [0.29, 0.717) is 0 Å². The van der Waals surface area contributed by atoms with Gasteiger partial charge in [-0.15, -0.1) is 0 Å². The van der Waals surface area contributed by atoms with E-state index in [1.54, 1.807) is 12.1 Å². The van der Waals surface area contributed by atoms with Crippen LogP contribution in [-0.4, -0.2) is 15.1 Å². The van der Waals surface area contributed by atoms with Gasteiger partial charge in [0.1, 0.15) is 0 Å². The molecule has 0 saturated carbocycles. The summed E-state index contributed by atoms with van der Waals surface area (Å²) in [4.78, 5) is 10.6. The number of benzene rings is 3. The quantitative estimate of drug-likeness (QED) is 0.414. The number of fused-ring (bicyclic) bond motifs is 1. The van der Waals surface area contributed by atoms with E-state index in [9.17, 15) is 10.1 Å². The van der Waals surface area contributed by atoms with Crippen LogP contribution < -0.4 is 0 Å². The standard InChI is InChI=1S/C24H17N4O2/c29-28(30)22-13-11-18(12-14-22)21-15-24(20-9-5-2-6-10-20)27-25-23(17-26(27)16-21)19-7-3-1-4-8-19/h1-17H/q-1. The third kappa shape index (κ3) is 3.20. The molecule has 0 atom stereocenters. The first-order chi connectivity index (χ1) is 14.7. The topological polar surface area (TPSA) is 63.7 Å². The average Bonchev–Trinajstić information content (AvgIpc) is 3.24. The zero-order chi connectivity index (χ0) is 20.5. The van der Waals surface area contributed by atoms with E-state index in [4.69, 9.17) is 5.43 Å². The number of allylic oxidation sites excluding steroid dienone is 2. The average molecular weight is 393 g/mol. The minimum Gasteiger partial charge on any atom is -0.572 e. The summed E-state index contributed by atoms with van der Waals surface area (Å²) < 4.78 is 0. The SMILES string of the molecule is O=[N+]([O-])c1ccc(C2=CN3C=C(c4ccccc4)[N-]N3C(c3ccccc3)=C2)cc1. The zero-order valence-electron chi connectivity index (χ0n) is 15.9. The second kappa shape index (κ2) is 7.25. The van der Waals surface area contributed by atoms with Crippen molar-refractivity contribution in [1.29, 1.82) is 0 Å². The van der Waals surface area contributed by atoms with E-state index < -0.39 is 0 Å². The Morgan fingerprint density at radius 2 is 1.37 bits per heavy atom. The van der Waals surface area contributed by atoms with Gasteiger partial charge < -0.3 is 10.5 Å². The maximum atomic E-state index is 11.0. The number of hydrogen-bond donors (Lipinski definition) is 0. The van der Waals surface area contributed by atoms with E-state index in [1.807, 2.05) is 83.2 Å². The maximum absolute atomic E-state index is 11.0. The molecule has 0 N–H and O–H groups in total. The molecule has 0 bridgehead atoms. The number of nitrogens with zero attached hydrogens (tertiary/aromatic N) is 4. The Balaban J connectivity index is 1.57. The van der Waals surface area contributed by atoms with Crippen LogP contribution in [-0.2, 0) is 0 Å². The molecule has 0 fully saturated rings. The first-order valence-electron chi connectivity index (χ1n) is 9.50. The minimum absolute atomic E-state index is 0.0754. The van der Waals surface area contributed by atoms with E-state index in [0.717, 1.165) is 33.7 Å². The Kier molecular flexibility index (Phi) is 4.29. The molecule has 3 aromatic rings. The molecule has 2 heterocycles. The molecule has 2 aliphatic rings. The Labute approximate surface area is 173 Å². The van der Waals surface area contributed by atoms with E-state index in [2.05, 4.69) is 6.08 Å². The van der Waals surface area contributed by atoms with Crippen LogP contribution in [0.15, 0.2) is 103 Å². The third-order valence-electron chi connectivity index (χ3n) is 5.01. The molecule has 3 aromatic carbocycles. The summed E-state index contributed by atoms with van der Waals surface area (Å²) in [6.07, 6.45) is 6.02. The molecule has 0 unspecified atom stereocenters. The fraction of sp³-hybridized carbons (Fsp3) is 0. The lowest BCUT2D eigenvalue weighted by atomic mass is 10.0. The fourth-order valence-electron chi connectivity index (χ4n) is 3.50. The molecule has 6 heteroatoms. The van der Waals surface area contributed by atoms with Gasteiger partial charge in [0, 0.05) is 30.1 Å². The molecule has 2 aliphatic heterocycles. The summed E-state index contributed by atoms with van der Waals surface area (Å²) >= 11 is 0. The highest BCUT2D eigenvalue weighted by Crippen LogP contribution is 2.41. The summed E-state index contributed by atoms with van der Waals surface area (Å²) in [5.41, 5.74) is 10.6. The van der Waals surface area contributed by atoms with Crippen molar-refractivity contribution >= 4 is 22.7 Å². The van der Waals surface area contributed by atoms with Gasteiger partial charge in [0.25, 0.3) is 5.69 Å². The van der Waals surface area contributed by atoms with Crippen LogP contribution in [0.1, 0.15) is 16.7 Å². The van der Waals surface area contributed by atoms with Crippen LogP contribution >= 0.6 is 0 Å². The summed E-state index contributed by atoms with van der Waals surface area (Å²) in [5.74, 6) is 0. The largest absolute Gasteiger partial charge is 0.572 e.